The first-order valence-electron chi connectivity index (χ1n) is 10.5. The summed E-state index contributed by atoms with van der Waals surface area (Å²) in [5.41, 5.74) is 4.41. The van der Waals surface area contributed by atoms with Gasteiger partial charge in [0.1, 0.15) is 5.75 Å². The highest BCUT2D eigenvalue weighted by atomic mass is 16.5. The SMILES string of the molecule is Cc1ccc(Oc2cccc(C=C3CCC(CC(=O)c4cccnc4)CC3)c2)nc1. The molecule has 0 atom stereocenters. The number of Topliss-reactive ketones (excluding diaryl/α,β-unsaturated/α-hetero) is 1. The number of carbonyl (C=O) groups is 1. The van der Waals surface area contributed by atoms with Crippen molar-refractivity contribution in [1.29, 1.82) is 0 Å². The minimum absolute atomic E-state index is 0.204. The number of ketones is 1. The molecule has 1 aromatic carbocycles. The van der Waals surface area contributed by atoms with E-state index in [-0.39, 0.29) is 5.78 Å². The molecule has 0 saturated heterocycles. The molecule has 0 unspecified atom stereocenters. The van der Waals surface area contributed by atoms with Gasteiger partial charge in [0.2, 0.25) is 5.88 Å². The second-order valence-electron chi connectivity index (χ2n) is 7.96. The molecule has 1 aliphatic rings. The number of hydrogen-bond acceptors (Lipinski definition) is 4. The van der Waals surface area contributed by atoms with E-state index in [0.717, 1.165) is 48.1 Å². The maximum Gasteiger partial charge on any atom is 0.219 e. The molecule has 0 aliphatic heterocycles. The van der Waals surface area contributed by atoms with Gasteiger partial charge in [-0.3, -0.25) is 9.78 Å². The monoisotopic (exact) mass is 398 g/mol. The van der Waals surface area contributed by atoms with Crippen LogP contribution in [0.2, 0.25) is 0 Å². The van der Waals surface area contributed by atoms with Gasteiger partial charge >= 0.3 is 0 Å². The van der Waals surface area contributed by atoms with Gasteiger partial charge in [-0.2, -0.15) is 0 Å². The number of ether oxygens (including phenoxy) is 1. The Morgan fingerprint density at radius 2 is 1.97 bits per heavy atom. The summed E-state index contributed by atoms with van der Waals surface area (Å²) >= 11 is 0. The molecule has 0 radical (unpaired) electrons. The molecule has 0 N–H and O–H groups in total. The summed E-state index contributed by atoms with van der Waals surface area (Å²) in [7, 11) is 0. The number of benzene rings is 1. The van der Waals surface area contributed by atoms with Crippen molar-refractivity contribution in [2.24, 2.45) is 5.92 Å². The Hall–Kier alpha value is -3.27. The van der Waals surface area contributed by atoms with Crippen molar-refractivity contribution in [3.63, 3.8) is 0 Å². The van der Waals surface area contributed by atoms with E-state index in [4.69, 9.17) is 4.74 Å². The third kappa shape index (κ3) is 5.41. The van der Waals surface area contributed by atoms with Crippen LogP contribution in [-0.2, 0) is 0 Å². The lowest BCUT2D eigenvalue weighted by molar-refractivity contribution is 0.0953. The Kier molecular flexibility index (Phi) is 6.33. The molecule has 30 heavy (non-hydrogen) atoms. The van der Waals surface area contributed by atoms with E-state index < -0.39 is 0 Å². The number of pyridine rings is 2. The van der Waals surface area contributed by atoms with Crippen LogP contribution < -0.4 is 4.74 Å². The molecule has 152 valence electrons. The fourth-order valence-electron chi connectivity index (χ4n) is 3.84. The van der Waals surface area contributed by atoms with Crippen LogP contribution >= 0.6 is 0 Å². The lowest BCUT2D eigenvalue weighted by Gasteiger charge is -2.23. The van der Waals surface area contributed by atoms with Crippen molar-refractivity contribution >= 4 is 11.9 Å². The fraction of sp³-hybridized carbons (Fsp3) is 0.269. The first-order chi connectivity index (χ1) is 14.7. The predicted octanol–water partition coefficient (Wildman–Crippen LogP) is 6.42. The Balaban J connectivity index is 1.34. The first kappa shape index (κ1) is 20.0. The van der Waals surface area contributed by atoms with Crippen LogP contribution in [0.25, 0.3) is 6.08 Å². The van der Waals surface area contributed by atoms with Crippen LogP contribution in [0.4, 0.5) is 0 Å². The molecule has 0 spiro atoms. The summed E-state index contributed by atoms with van der Waals surface area (Å²) in [6, 6.07) is 15.7. The van der Waals surface area contributed by atoms with Gasteiger partial charge in [-0.15, -0.1) is 0 Å². The first-order valence-corrected chi connectivity index (χ1v) is 10.5. The Morgan fingerprint density at radius 1 is 1.10 bits per heavy atom. The van der Waals surface area contributed by atoms with E-state index in [1.54, 1.807) is 18.6 Å². The lowest BCUT2D eigenvalue weighted by atomic mass is 9.82. The molecular weight excluding hydrogens is 372 g/mol. The van der Waals surface area contributed by atoms with Crippen molar-refractivity contribution in [3.8, 4) is 11.6 Å². The van der Waals surface area contributed by atoms with Crippen LogP contribution in [0.1, 0.15) is 53.6 Å². The van der Waals surface area contributed by atoms with Gasteiger partial charge in [0.15, 0.2) is 5.78 Å². The van der Waals surface area contributed by atoms with Crippen LogP contribution in [0.5, 0.6) is 11.6 Å². The molecule has 1 aliphatic carbocycles. The van der Waals surface area contributed by atoms with E-state index in [1.165, 1.54) is 5.57 Å². The number of hydrogen-bond donors (Lipinski definition) is 0. The topological polar surface area (TPSA) is 52.1 Å². The molecule has 2 aromatic heterocycles. The molecule has 1 fully saturated rings. The van der Waals surface area contributed by atoms with Crippen molar-refractivity contribution < 1.29 is 9.53 Å². The minimum atomic E-state index is 0.204. The molecule has 0 bridgehead atoms. The number of aryl methyl sites for hydroxylation is 1. The molecule has 0 amide bonds. The number of nitrogens with zero attached hydrogens (tertiary/aromatic N) is 2. The van der Waals surface area contributed by atoms with Crippen molar-refractivity contribution in [1.82, 2.24) is 9.97 Å². The van der Waals surface area contributed by atoms with E-state index in [0.29, 0.717) is 18.2 Å². The largest absolute Gasteiger partial charge is 0.439 e. The quantitative estimate of drug-likeness (QED) is 0.449. The van der Waals surface area contributed by atoms with Gasteiger partial charge in [-0.1, -0.05) is 29.8 Å². The van der Waals surface area contributed by atoms with Gasteiger partial charge in [0.25, 0.3) is 0 Å². The Labute approximate surface area is 177 Å². The van der Waals surface area contributed by atoms with E-state index in [2.05, 4.69) is 22.1 Å². The smallest absolute Gasteiger partial charge is 0.219 e. The van der Waals surface area contributed by atoms with E-state index in [1.807, 2.05) is 49.4 Å². The third-order valence-electron chi connectivity index (χ3n) is 5.54. The molecule has 3 aromatic rings. The van der Waals surface area contributed by atoms with Crippen LogP contribution in [-0.4, -0.2) is 15.8 Å². The molecule has 2 heterocycles. The van der Waals surface area contributed by atoms with Gasteiger partial charge in [0, 0.05) is 36.6 Å². The summed E-state index contributed by atoms with van der Waals surface area (Å²) in [6.07, 6.45) is 12.2. The van der Waals surface area contributed by atoms with Crippen molar-refractivity contribution in [2.75, 3.05) is 0 Å². The average Bonchev–Trinajstić information content (AvgIpc) is 2.78. The van der Waals surface area contributed by atoms with Gasteiger partial charge in [-0.05, 0) is 73.9 Å². The summed E-state index contributed by atoms with van der Waals surface area (Å²) in [5.74, 6) is 2.05. The van der Waals surface area contributed by atoms with Crippen LogP contribution in [0.3, 0.4) is 0 Å². The fourth-order valence-corrected chi connectivity index (χ4v) is 3.84. The Morgan fingerprint density at radius 3 is 2.70 bits per heavy atom. The third-order valence-corrected chi connectivity index (χ3v) is 5.54. The summed E-state index contributed by atoms with van der Waals surface area (Å²) in [6.45, 7) is 2.01. The minimum Gasteiger partial charge on any atom is -0.439 e. The van der Waals surface area contributed by atoms with Crippen LogP contribution in [0.15, 0.2) is 72.7 Å². The molecule has 4 heteroatoms. The normalized spacial score (nSPS) is 16.2. The number of aromatic nitrogens is 2. The predicted molar refractivity (Wildman–Crippen MR) is 119 cm³/mol. The van der Waals surface area contributed by atoms with Crippen LogP contribution in [0, 0.1) is 12.8 Å². The number of allylic oxidation sites excluding steroid dienone is 1. The van der Waals surface area contributed by atoms with Crippen molar-refractivity contribution in [3.05, 3.63) is 89.4 Å². The zero-order chi connectivity index (χ0) is 20.8. The second-order valence-corrected chi connectivity index (χ2v) is 7.96. The lowest BCUT2D eigenvalue weighted by Crippen LogP contribution is -2.13. The van der Waals surface area contributed by atoms with Gasteiger partial charge in [-0.25, -0.2) is 4.98 Å². The second kappa shape index (κ2) is 9.49. The zero-order valence-electron chi connectivity index (χ0n) is 17.3. The highest BCUT2D eigenvalue weighted by molar-refractivity contribution is 5.95. The molecule has 1 saturated carbocycles. The Bertz CT molecular complexity index is 1020. The van der Waals surface area contributed by atoms with Crippen molar-refractivity contribution in [2.45, 2.75) is 39.0 Å². The van der Waals surface area contributed by atoms with E-state index >= 15 is 0 Å². The van der Waals surface area contributed by atoms with Gasteiger partial charge in [0.05, 0.1) is 0 Å². The van der Waals surface area contributed by atoms with Gasteiger partial charge < -0.3 is 4.74 Å². The molecule has 4 rings (SSSR count). The molecule has 4 nitrogen and oxygen atoms in total. The highest BCUT2D eigenvalue weighted by Gasteiger charge is 2.20. The number of rotatable bonds is 6. The maximum absolute atomic E-state index is 12.4. The summed E-state index contributed by atoms with van der Waals surface area (Å²) in [4.78, 5) is 20.8. The summed E-state index contributed by atoms with van der Waals surface area (Å²) < 4.78 is 5.88. The molecular formula is C26H26N2O2. The average molecular weight is 399 g/mol. The maximum atomic E-state index is 12.4. The summed E-state index contributed by atoms with van der Waals surface area (Å²) in [5, 5.41) is 0. The van der Waals surface area contributed by atoms with E-state index in [9.17, 15) is 4.79 Å². The standard InChI is InChI=1S/C26H26N2O2/c1-19-7-12-26(28-17-19)30-24-6-2-4-22(15-24)14-20-8-10-21(11-9-20)16-25(29)23-5-3-13-27-18-23/h2-7,12-15,17-18,21H,8-11,16H2,1H3. The zero-order valence-corrected chi connectivity index (χ0v) is 17.3. The number of carbonyl (C=O) groups excluding carboxylic acids is 1. The highest BCUT2D eigenvalue weighted by Crippen LogP contribution is 2.33.